The van der Waals surface area contributed by atoms with E-state index in [0.29, 0.717) is 23.0 Å². The largest absolute Gasteiger partial charge is 0.497 e. The third-order valence-corrected chi connectivity index (χ3v) is 3.09. The van der Waals surface area contributed by atoms with Crippen LogP contribution in [0.15, 0.2) is 18.2 Å². The summed E-state index contributed by atoms with van der Waals surface area (Å²) in [4.78, 5) is 11.9. The van der Waals surface area contributed by atoms with Gasteiger partial charge in [-0.25, -0.2) is 0 Å². The topological polar surface area (TPSA) is 76.4 Å². The van der Waals surface area contributed by atoms with Gasteiger partial charge in [0.1, 0.15) is 10.7 Å². The van der Waals surface area contributed by atoms with Gasteiger partial charge >= 0.3 is 0 Å². The number of anilines is 1. The predicted molar refractivity (Wildman–Crippen MR) is 78.5 cm³/mol. The molecule has 0 radical (unpaired) electrons. The number of amides is 1. The molecule has 1 saturated carbocycles. The lowest BCUT2D eigenvalue weighted by molar-refractivity contribution is -0.119. The summed E-state index contributed by atoms with van der Waals surface area (Å²) in [5, 5.41) is 5.95. The lowest BCUT2D eigenvalue weighted by Crippen LogP contribution is -2.31. The molecule has 0 bridgehead atoms. The second kappa shape index (κ2) is 5.88. The first-order chi connectivity index (χ1) is 9.10. The Hall–Kier alpha value is -1.82. The molecule has 0 heterocycles. The van der Waals surface area contributed by atoms with E-state index in [1.165, 1.54) is 0 Å². The van der Waals surface area contributed by atoms with Gasteiger partial charge in [0.15, 0.2) is 0 Å². The molecule has 2 rings (SSSR count). The van der Waals surface area contributed by atoms with Gasteiger partial charge in [-0.15, -0.1) is 0 Å². The standard InChI is InChI=1S/C13H17N3O2S/c1-18-9-4-5-10(13(14)19)11(6-9)15-7-12(17)16-8-2-3-8/h4-6,8,15H,2-3,7H2,1H3,(H2,14,19)(H,16,17). The van der Waals surface area contributed by atoms with Crippen molar-refractivity contribution in [1.29, 1.82) is 0 Å². The molecule has 1 amide bonds. The Kier molecular flexibility index (Phi) is 4.21. The minimum Gasteiger partial charge on any atom is -0.497 e. The van der Waals surface area contributed by atoms with Crippen LogP contribution < -0.4 is 21.1 Å². The molecule has 1 aliphatic carbocycles. The molecule has 0 unspecified atom stereocenters. The summed E-state index contributed by atoms with van der Waals surface area (Å²) in [7, 11) is 1.58. The number of carbonyl (C=O) groups is 1. The molecule has 0 aliphatic heterocycles. The molecule has 0 spiro atoms. The minimum absolute atomic E-state index is 0.0285. The Morgan fingerprint density at radius 2 is 2.26 bits per heavy atom. The normalized spacial score (nSPS) is 13.7. The highest BCUT2D eigenvalue weighted by Crippen LogP contribution is 2.22. The van der Waals surface area contributed by atoms with Gasteiger partial charge in [0.05, 0.1) is 13.7 Å². The van der Waals surface area contributed by atoms with E-state index >= 15 is 0 Å². The average Bonchev–Trinajstić information content (AvgIpc) is 3.19. The van der Waals surface area contributed by atoms with E-state index in [9.17, 15) is 4.79 Å². The molecule has 5 nitrogen and oxygen atoms in total. The zero-order chi connectivity index (χ0) is 13.8. The molecule has 1 fully saturated rings. The van der Waals surface area contributed by atoms with Gasteiger partial charge in [0.2, 0.25) is 5.91 Å². The van der Waals surface area contributed by atoms with Gasteiger partial charge in [-0.2, -0.15) is 0 Å². The maximum Gasteiger partial charge on any atom is 0.239 e. The van der Waals surface area contributed by atoms with Crippen molar-refractivity contribution in [3.8, 4) is 5.75 Å². The zero-order valence-corrected chi connectivity index (χ0v) is 11.5. The molecule has 0 saturated heterocycles. The number of hydrogen-bond donors (Lipinski definition) is 3. The summed E-state index contributed by atoms with van der Waals surface area (Å²) in [5.41, 5.74) is 7.06. The van der Waals surface area contributed by atoms with Gasteiger partial charge in [0.25, 0.3) is 0 Å². The quantitative estimate of drug-likeness (QED) is 0.678. The van der Waals surface area contributed by atoms with Crippen molar-refractivity contribution in [3.05, 3.63) is 23.8 Å². The number of hydrogen-bond acceptors (Lipinski definition) is 4. The Balaban J connectivity index is 2.03. The van der Waals surface area contributed by atoms with Crippen LogP contribution in [-0.4, -0.2) is 30.6 Å². The summed E-state index contributed by atoms with van der Waals surface area (Å²) in [6.45, 7) is 0.194. The van der Waals surface area contributed by atoms with Crippen LogP contribution in [0.2, 0.25) is 0 Å². The fourth-order valence-corrected chi connectivity index (χ4v) is 1.87. The molecular formula is C13H17N3O2S. The first-order valence-electron chi connectivity index (χ1n) is 6.11. The van der Waals surface area contributed by atoms with E-state index in [-0.39, 0.29) is 17.4 Å². The lowest BCUT2D eigenvalue weighted by Gasteiger charge is -2.12. The van der Waals surface area contributed by atoms with Gasteiger partial charge in [0, 0.05) is 23.4 Å². The Morgan fingerprint density at radius 1 is 1.53 bits per heavy atom. The number of nitrogens with one attached hydrogen (secondary N) is 2. The smallest absolute Gasteiger partial charge is 0.239 e. The highest BCUT2D eigenvalue weighted by atomic mass is 32.1. The first-order valence-corrected chi connectivity index (χ1v) is 6.52. The molecule has 1 aliphatic rings. The molecule has 19 heavy (non-hydrogen) atoms. The molecule has 6 heteroatoms. The molecular weight excluding hydrogens is 262 g/mol. The van der Waals surface area contributed by atoms with E-state index in [0.717, 1.165) is 12.8 Å². The predicted octanol–water partition coefficient (Wildman–Crippen LogP) is 1.02. The molecule has 102 valence electrons. The maximum absolute atomic E-state index is 11.6. The van der Waals surface area contributed by atoms with Crippen molar-refractivity contribution < 1.29 is 9.53 Å². The van der Waals surface area contributed by atoms with Crippen molar-refractivity contribution in [2.45, 2.75) is 18.9 Å². The third-order valence-electron chi connectivity index (χ3n) is 2.87. The lowest BCUT2D eigenvalue weighted by atomic mass is 10.1. The van der Waals surface area contributed by atoms with E-state index < -0.39 is 0 Å². The Morgan fingerprint density at radius 3 is 2.84 bits per heavy atom. The number of methoxy groups -OCH3 is 1. The maximum atomic E-state index is 11.6. The van der Waals surface area contributed by atoms with Gasteiger partial charge < -0.3 is 21.1 Å². The summed E-state index contributed by atoms with van der Waals surface area (Å²) in [5.74, 6) is 0.657. The highest BCUT2D eigenvalue weighted by molar-refractivity contribution is 7.80. The van der Waals surface area contributed by atoms with E-state index in [1.807, 2.05) is 0 Å². The summed E-state index contributed by atoms with van der Waals surface area (Å²) in [6, 6.07) is 5.69. The van der Waals surface area contributed by atoms with Crippen LogP contribution in [0, 0.1) is 0 Å². The van der Waals surface area contributed by atoms with Crippen LogP contribution in [0.1, 0.15) is 18.4 Å². The number of nitrogens with two attached hydrogens (primary N) is 1. The highest BCUT2D eigenvalue weighted by Gasteiger charge is 2.23. The number of rotatable bonds is 6. The van der Waals surface area contributed by atoms with Gasteiger partial charge in [-0.3, -0.25) is 4.79 Å². The second-order valence-corrected chi connectivity index (χ2v) is 4.91. The fraction of sp³-hybridized carbons (Fsp3) is 0.385. The minimum atomic E-state index is -0.0285. The molecule has 0 atom stereocenters. The molecule has 1 aromatic rings. The van der Waals surface area contributed by atoms with Crippen molar-refractivity contribution in [2.24, 2.45) is 5.73 Å². The monoisotopic (exact) mass is 279 g/mol. The van der Waals surface area contributed by atoms with Crippen LogP contribution >= 0.6 is 12.2 Å². The number of thiocarbonyl (C=S) groups is 1. The number of ether oxygens (including phenoxy) is 1. The number of carbonyl (C=O) groups excluding carboxylic acids is 1. The fourth-order valence-electron chi connectivity index (χ4n) is 1.69. The van der Waals surface area contributed by atoms with Crippen LogP contribution in [0.25, 0.3) is 0 Å². The summed E-state index contributed by atoms with van der Waals surface area (Å²) >= 11 is 4.99. The van der Waals surface area contributed by atoms with Crippen molar-refractivity contribution in [3.63, 3.8) is 0 Å². The van der Waals surface area contributed by atoms with Crippen molar-refractivity contribution in [1.82, 2.24) is 5.32 Å². The SMILES string of the molecule is COc1ccc(C(N)=S)c(NCC(=O)NC2CC2)c1. The Labute approximate surface area is 117 Å². The van der Waals surface area contributed by atoms with Crippen LogP contribution in [0.5, 0.6) is 5.75 Å². The number of benzene rings is 1. The Bertz CT molecular complexity index is 501. The van der Waals surface area contributed by atoms with Crippen molar-refractivity contribution >= 4 is 28.8 Å². The van der Waals surface area contributed by atoms with E-state index in [2.05, 4.69) is 10.6 Å². The summed E-state index contributed by atoms with van der Waals surface area (Å²) < 4.78 is 5.15. The first kappa shape index (κ1) is 13.6. The van der Waals surface area contributed by atoms with Crippen LogP contribution in [-0.2, 0) is 4.79 Å². The van der Waals surface area contributed by atoms with Gasteiger partial charge in [-0.05, 0) is 25.0 Å². The molecule has 0 aromatic heterocycles. The average molecular weight is 279 g/mol. The van der Waals surface area contributed by atoms with E-state index in [1.54, 1.807) is 25.3 Å². The third kappa shape index (κ3) is 3.82. The van der Waals surface area contributed by atoms with Gasteiger partial charge in [-0.1, -0.05) is 12.2 Å². The van der Waals surface area contributed by atoms with Crippen molar-refractivity contribution in [2.75, 3.05) is 19.0 Å². The second-order valence-electron chi connectivity index (χ2n) is 4.47. The van der Waals surface area contributed by atoms with Crippen LogP contribution in [0.3, 0.4) is 0 Å². The molecule has 1 aromatic carbocycles. The zero-order valence-electron chi connectivity index (χ0n) is 10.7. The molecule has 4 N–H and O–H groups in total. The van der Waals surface area contributed by atoms with Crippen LogP contribution in [0.4, 0.5) is 5.69 Å². The summed E-state index contributed by atoms with van der Waals surface area (Å²) in [6.07, 6.45) is 2.14. The van der Waals surface area contributed by atoms with E-state index in [4.69, 9.17) is 22.7 Å².